The second-order valence-electron chi connectivity index (χ2n) is 5.74. The Hall–Kier alpha value is -3.23. The Kier molecular flexibility index (Phi) is 5.71. The molecule has 0 bridgehead atoms. The maximum Gasteiger partial charge on any atom is 0.403 e. The average molecular weight is 362 g/mol. The molecule has 2 N–H and O–H groups in total. The molecule has 1 aromatic heterocycles. The molecule has 0 aliphatic heterocycles. The summed E-state index contributed by atoms with van der Waals surface area (Å²) in [5, 5.41) is 3.62. The van der Waals surface area contributed by atoms with Crippen LogP contribution in [0.1, 0.15) is 30.0 Å². The summed E-state index contributed by atoms with van der Waals surface area (Å²) in [4.78, 5) is 24.6. The van der Waals surface area contributed by atoms with Gasteiger partial charge in [0.05, 0.1) is 25.7 Å². The molecule has 1 aromatic carbocycles. The molecule has 0 amide bonds. The van der Waals surface area contributed by atoms with Gasteiger partial charge in [-0.05, 0) is 19.9 Å². The molecule has 8 nitrogen and oxygen atoms in total. The second kappa shape index (κ2) is 7.77. The fraction of sp³-hybridized carbons (Fsp3) is 0.294. The van der Waals surface area contributed by atoms with Gasteiger partial charge in [-0.15, -0.1) is 0 Å². The van der Waals surface area contributed by atoms with E-state index in [0.717, 1.165) is 0 Å². The first-order valence-electron chi connectivity index (χ1n) is 7.57. The number of carbonyl (C=O) groups excluding carboxylic acids is 1. The number of ether oxygens (including phenoxy) is 2. The molecule has 0 spiro atoms. The monoisotopic (exact) mass is 362 g/mol. The minimum absolute atomic E-state index is 0.0918. The fourth-order valence-corrected chi connectivity index (χ4v) is 2.06. The zero-order valence-corrected chi connectivity index (χ0v) is 14.8. The lowest BCUT2D eigenvalue weighted by atomic mass is 9.83. The van der Waals surface area contributed by atoms with Gasteiger partial charge in [0, 0.05) is 5.56 Å². The van der Waals surface area contributed by atoms with E-state index in [-0.39, 0.29) is 23.4 Å². The van der Waals surface area contributed by atoms with Gasteiger partial charge in [-0.25, -0.2) is 9.18 Å². The zero-order chi connectivity index (χ0) is 19.3. The van der Waals surface area contributed by atoms with Crippen molar-refractivity contribution in [3.05, 3.63) is 47.5 Å². The minimum Gasteiger partial charge on any atom is -0.481 e. The van der Waals surface area contributed by atoms with E-state index in [9.17, 15) is 9.18 Å². The zero-order valence-electron chi connectivity index (χ0n) is 14.8. The number of amidine groups is 1. The number of aromatic nitrogens is 2. The topological polar surface area (TPSA) is 109 Å². The van der Waals surface area contributed by atoms with Gasteiger partial charge in [0.1, 0.15) is 11.7 Å². The van der Waals surface area contributed by atoms with Crippen LogP contribution in [0.2, 0.25) is 0 Å². The number of nitrogens with zero attached hydrogens (tertiary/aromatic N) is 3. The summed E-state index contributed by atoms with van der Waals surface area (Å²) in [6, 6.07) is 7.53. The van der Waals surface area contributed by atoms with Gasteiger partial charge in [0.25, 0.3) is 0 Å². The predicted molar refractivity (Wildman–Crippen MR) is 91.6 cm³/mol. The first kappa shape index (κ1) is 19.1. The Morgan fingerprint density at radius 2 is 1.73 bits per heavy atom. The highest BCUT2D eigenvalue weighted by Crippen LogP contribution is 2.26. The third-order valence-corrected chi connectivity index (χ3v) is 3.69. The van der Waals surface area contributed by atoms with E-state index in [4.69, 9.17) is 20.0 Å². The maximum absolute atomic E-state index is 14.0. The fourth-order valence-electron chi connectivity index (χ4n) is 2.06. The molecule has 2 rings (SSSR count). The number of carbonyl (C=O) groups is 1. The summed E-state index contributed by atoms with van der Waals surface area (Å²) in [5.74, 6) is -1.58. The highest BCUT2D eigenvalue weighted by molar-refractivity contribution is 5.92. The third kappa shape index (κ3) is 4.05. The largest absolute Gasteiger partial charge is 0.481 e. The van der Waals surface area contributed by atoms with Crippen LogP contribution in [0.3, 0.4) is 0 Å². The minimum atomic E-state index is -1.00. The quantitative estimate of drug-likeness (QED) is 0.362. The van der Waals surface area contributed by atoms with Gasteiger partial charge in [-0.2, -0.15) is 9.97 Å². The summed E-state index contributed by atoms with van der Waals surface area (Å²) in [6.07, 6.45) is 0. The lowest BCUT2D eigenvalue weighted by Crippen LogP contribution is -2.37. The van der Waals surface area contributed by atoms with Crippen molar-refractivity contribution in [1.82, 2.24) is 9.97 Å². The predicted octanol–water partition coefficient (Wildman–Crippen LogP) is 2.04. The van der Waals surface area contributed by atoms with Crippen molar-refractivity contribution in [3.63, 3.8) is 0 Å². The molecule has 0 saturated carbocycles. The van der Waals surface area contributed by atoms with Gasteiger partial charge >= 0.3 is 5.97 Å². The van der Waals surface area contributed by atoms with Crippen molar-refractivity contribution in [2.45, 2.75) is 19.3 Å². The van der Waals surface area contributed by atoms with E-state index >= 15 is 0 Å². The number of hydrogen-bond acceptors (Lipinski definition) is 7. The van der Waals surface area contributed by atoms with Crippen molar-refractivity contribution in [2.75, 3.05) is 14.2 Å². The SMILES string of the molecule is COc1cc(OC)nc(C(=O)ON=C(N)C(C)(C)c2ccccc2F)n1. The number of nitrogens with two attached hydrogens (primary N) is 1. The van der Waals surface area contributed by atoms with Gasteiger partial charge in [0.15, 0.2) is 0 Å². The molecule has 138 valence electrons. The average Bonchev–Trinajstić information content (AvgIpc) is 2.65. The van der Waals surface area contributed by atoms with E-state index < -0.39 is 17.2 Å². The van der Waals surface area contributed by atoms with Crippen molar-refractivity contribution in [2.24, 2.45) is 10.9 Å². The van der Waals surface area contributed by atoms with Crippen molar-refractivity contribution < 1.29 is 23.5 Å². The van der Waals surface area contributed by atoms with Crippen LogP contribution in [0.15, 0.2) is 35.5 Å². The Morgan fingerprint density at radius 1 is 1.15 bits per heavy atom. The Bertz CT molecular complexity index is 817. The first-order valence-corrected chi connectivity index (χ1v) is 7.57. The van der Waals surface area contributed by atoms with Crippen LogP contribution >= 0.6 is 0 Å². The van der Waals surface area contributed by atoms with E-state index in [2.05, 4.69) is 15.1 Å². The summed E-state index contributed by atoms with van der Waals surface area (Å²) in [7, 11) is 2.76. The molecule has 0 aliphatic carbocycles. The van der Waals surface area contributed by atoms with Gasteiger partial charge < -0.3 is 20.0 Å². The van der Waals surface area contributed by atoms with Gasteiger partial charge in [0.2, 0.25) is 17.6 Å². The lowest BCUT2D eigenvalue weighted by molar-refractivity contribution is 0.0496. The number of halogens is 1. The van der Waals surface area contributed by atoms with Gasteiger partial charge in [-0.3, -0.25) is 0 Å². The molecular formula is C17H19FN4O4. The number of rotatable bonds is 6. The van der Waals surface area contributed by atoms with Crippen LogP contribution in [0.5, 0.6) is 11.8 Å². The van der Waals surface area contributed by atoms with Crippen LogP contribution in [-0.2, 0) is 10.3 Å². The summed E-state index contributed by atoms with van der Waals surface area (Å²) in [6.45, 7) is 3.31. The smallest absolute Gasteiger partial charge is 0.403 e. The number of methoxy groups -OCH3 is 2. The van der Waals surface area contributed by atoms with Crippen LogP contribution in [0.25, 0.3) is 0 Å². The molecule has 2 aromatic rings. The first-order chi connectivity index (χ1) is 12.3. The van der Waals surface area contributed by atoms with E-state index in [0.29, 0.717) is 5.56 Å². The van der Waals surface area contributed by atoms with Crippen molar-refractivity contribution in [1.29, 1.82) is 0 Å². The van der Waals surface area contributed by atoms with E-state index in [1.807, 2.05) is 0 Å². The standard InChI is InChI=1S/C17H19FN4O4/c1-17(2,10-7-5-6-8-11(10)18)16(19)22-26-15(23)14-20-12(24-3)9-13(21-14)25-4/h5-9H,1-4H3,(H2,19,22). The third-order valence-electron chi connectivity index (χ3n) is 3.69. The van der Waals surface area contributed by atoms with Crippen LogP contribution in [0.4, 0.5) is 4.39 Å². The molecule has 0 saturated heterocycles. The molecule has 1 heterocycles. The molecule has 9 heteroatoms. The van der Waals surface area contributed by atoms with Crippen LogP contribution < -0.4 is 15.2 Å². The van der Waals surface area contributed by atoms with Gasteiger partial charge in [-0.1, -0.05) is 23.4 Å². The molecule has 26 heavy (non-hydrogen) atoms. The van der Waals surface area contributed by atoms with Crippen molar-refractivity contribution >= 4 is 11.8 Å². The van der Waals surface area contributed by atoms with Crippen molar-refractivity contribution in [3.8, 4) is 11.8 Å². The molecule has 0 fully saturated rings. The molecule has 0 atom stereocenters. The second-order valence-corrected chi connectivity index (χ2v) is 5.74. The molecule has 0 unspecified atom stereocenters. The normalized spacial score (nSPS) is 11.8. The molecule has 0 radical (unpaired) electrons. The maximum atomic E-state index is 14.0. The highest BCUT2D eigenvalue weighted by atomic mass is 19.1. The number of hydrogen-bond donors (Lipinski definition) is 1. The Balaban J connectivity index is 2.23. The van der Waals surface area contributed by atoms with Crippen LogP contribution in [-0.4, -0.2) is 36.0 Å². The van der Waals surface area contributed by atoms with E-state index in [1.54, 1.807) is 32.0 Å². The Labute approximate surface area is 149 Å². The Morgan fingerprint density at radius 3 is 2.27 bits per heavy atom. The number of benzene rings is 1. The molecule has 0 aliphatic rings. The molecular weight excluding hydrogens is 343 g/mol. The van der Waals surface area contributed by atoms with Crippen LogP contribution in [0, 0.1) is 5.82 Å². The summed E-state index contributed by atoms with van der Waals surface area (Å²) < 4.78 is 23.9. The summed E-state index contributed by atoms with van der Waals surface area (Å²) in [5.41, 5.74) is 5.22. The van der Waals surface area contributed by atoms with E-state index in [1.165, 1.54) is 26.4 Å². The lowest BCUT2D eigenvalue weighted by Gasteiger charge is -2.24. The number of oxime groups is 1. The highest BCUT2D eigenvalue weighted by Gasteiger charge is 2.29. The summed E-state index contributed by atoms with van der Waals surface area (Å²) >= 11 is 0.